The molecule has 0 amide bonds. The largest absolute Gasteiger partial charge is 0.312 e. The fourth-order valence-electron chi connectivity index (χ4n) is 3.30. The average Bonchev–Trinajstić information content (AvgIpc) is 2.49. The van der Waals surface area contributed by atoms with E-state index in [0.29, 0.717) is 0 Å². The van der Waals surface area contributed by atoms with Crippen LogP contribution in [0.3, 0.4) is 0 Å². The monoisotopic (exact) mass is 267 g/mol. The van der Waals surface area contributed by atoms with Gasteiger partial charge in [0.25, 0.3) is 0 Å². The fourth-order valence-corrected chi connectivity index (χ4v) is 3.30. The minimum absolute atomic E-state index is 0.895. The summed E-state index contributed by atoms with van der Waals surface area (Å²) in [5.74, 6) is 1.85. The maximum Gasteiger partial charge on any atom is 0.0205 e. The SMILES string of the molecule is CC1CCC(CNCc2ccc3ccccc3c2)CC1. The minimum atomic E-state index is 0.895. The molecule has 0 unspecified atom stereocenters. The number of hydrogen-bond donors (Lipinski definition) is 1. The number of hydrogen-bond acceptors (Lipinski definition) is 1. The Bertz CT molecular complexity index is 552. The molecule has 1 aliphatic carbocycles. The highest BCUT2D eigenvalue weighted by Crippen LogP contribution is 2.27. The normalized spacial score (nSPS) is 23.1. The van der Waals surface area contributed by atoms with E-state index >= 15 is 0 Å². The second-order valence-corrected chi connectivity index (χ2v) is 6.44. The lowest BCUT2D eigenvalue weighted by atomic mass is 9.83. The Morgan fingerprint density at radius 3 is 2.50 bits per heavy atom. The highest BCUT2D eigenvalue weighted by molar-refractivity contribution is 5.82. The maximum absolute atomic E-state index is 3.65. The third-order valence-corrected chi connectivity index (χ3v) is 4.71. The summed E-state index contributed by atoms with van der Waals surface area (Å²) in [6.45, 7) is 4.56. The Balaban J connectivity index is 1.52. The van der Waals surface area contributed by atoms with Crippen LogP contribution in [0, 0.1) is 11.8 Å². The zero-order valence-corrected chi connectivity index (χ0v) is 12.4. The Morgan fingerprint density at radius 1 is 0.950 bits per heavy atom. The molecule has 0 radical (unpaired) electrons. The van der Waals surface area contributed by atoms with Gasteiger partial charge in [-0.2, -0.15) is 0 Å². The molecule has 3 rings (SSSR count). The molecular formula is C19H25N. The predicted molar refractivity (Wildman–Crippen MR) is 86.8 cm³/mol. The zero-order valence-electron chi connectivity index (χ0n) is 12.4. The topological polar surface area (TPSA) is 12.0 Å². The fraction of sp³-hybridized carbons (Fsp3) is 0.474. The smallest absolute Gasteiger partial charge is 0.0205 e. The van der Waals surface area contributed by atoms with Crippen molar-refractivity contribution in [1.29, 1.82) is 0 Å². The second-order valence-electron chi connectivity index (χ2n) is 6.44. The molecule has 1 heteroatoms. The molecule has 0 aromatic heterocycles. The van der Waals surface area contributed by atoms with Crippen LogP contribution in [-0.2, 0) is 6.54 Å². The lowest BCUT2D eigenvalue weighted by Gasteiger charge is -2.26. The van der Waals surface area contributed by atoms with E-state index in [1.807, 2.05) is 0 Å². The van der Waals surface area contributed by atoms with Gasteiger partial charge >= 0.3 is 0 Å². The average molecular weight is 267 g/mol. The molecule has 0 atom stereocenters. The minimum Gasteiger partial charge on any atom is -0.312 e. The van der Waals surface area contributed by atoms with Gasteiger partial charge in [-0.25, -0.2) is 0 Å². The van der Waals surface area contributed by atoms with Crippen LogP contribution in [0.4, 0.5) is 0 Å². The van der Waals surface area contributed by atoms with Crippen LogP contribution in [-0.4, -0.2) is 6.54 Å². The number of fused-ring (bicyclic) bond motifs is 1. The lowest BCUT2D eigenvalue weighted by Crippen LogP contribution is -2.25. The molecule has 2 aromatic rings. The molecule has 1 aliphatic rings. The highest BCUT2D eigenvalue weighted by Gasteiger charge is 2.17. The summed E-state index contributed by atoms with van der Waals surface area (Å²) in [5, 5.41) is 6.33. The molecule has 0 spiro atoms. The van der Waals surface area contributed by atoms with Crippen LogP contribution >= 0.6 is 0 Å². The Labute approximate surface area is 122 Å². The van der Waals surface area contributed by atoms with Gasteiger partial charge in [0.1, 0.15) is 0 Å². The van der Waals surface area contributed by atoms with Gasteiger partial charge in [0.2, 0.25) is 0 Å². The van der Waals surface area contributed by atoms with E-state index in [2.05, 4.69) is 54.7 Å². The molecule has 1 fully saturated rings. The van der Waals surface area contributed by atoms with Gasteiger partial charge in [0.05, 0.1) is 0 Å². The molecule has 1 saturated carbocycles. The first-order chi connectivity index (χ1) is 9.81. The van der Waals surface area contributed by atoms with E-state index in [1.165, 1.54) is 48.6 Å². The van der Waals surface area contributed by atoms with Crippen molar-refractivity contribution in [2.24, 2.45) is 11.8 Å². The zero-order chi connectivity index (χ0) is 13.8. The first-order valence-electron chi connectivity index (χ1n) is 7.99. The van der Waals surface area contributed by atoms with E-state index in [-0.39, 0.29) is 0 Å². The first kappa shape index (κ1) is 13.6. The van der Waals surface area contributed by atoms with Crippen molar-refractivity contribution >= 4 is 10.8 Å². The first-order valence-corrected chi connectivity index (χ1v) is 7.99. The third kappa shape index (κ3) is 3.40. The summed E-state index contributed by atoms with van der Waals surface area (Å²) in [4.78, 5) is 0. The van der Waals surface area contributed by atoms with E-state index in [9.17, 15) is 0 Å². The summed E-state index contributed by atoms with van der Waals surface area (Å²) in [6, 6.07) is 15.4. The van der Waals surface area contributed by atoms with Crippen LogP contribution in [0.25, 0.3) is 10.8 Å². The molecule has 1 N–H and O–H groups in total. The Hall–Kier alpha value is -1.34. The van der Waals surface area contributed by atoms with Crippen LogP contribution < -0.4 is 5.32 Å². The van der Waals surface area contributed by atoms with Crippen LogP contribution in [0.2, 0.25) is 0 Å². The van der Waals surface area contributed by atoms with Gasteiger partial charge in [-0.1, -0.05) is 56.2 Å². The maximum atomic E-state index is 3.65. The van der Waals surface area contributed by atoms with Crippen molar-refractivity contribution in [2.75, 3.05) is 6.54 Å². The van der Waals surface area contributed by atoms with E-state index in [1.54, 1.807) is 0 Å². The van der Waals surface area contributed by atoms with Gasteiger partial charge < -0.3 is 5.32 Å². The number of nitrogens with one attached hydrogen (secondary N) is 1. The molecule has 0 bridgehead atoms. The molecule has 0 saturated heterocycles. The van der Waals surface area contributed by atoms with Crippen molar-refractivity contribution in [1.82, 2.24) is 5.32 Å². The molecule has 106 valence electrons. The van der Waals surface area contributed by atoms with Gasteiger partial charge in [-0.15, -0.1) is 0 Å². The molecule has 2 aromatic carbocycles. The molecule has 20 heavy (non-hydrogen) atoms. The lowest BCUT2D eigenvalue weighted by molar-refractivity contribution is 0.281. The molecule has 1 nitrogen and oxygen atoms in total. The van der Waals surface area contributed by atoms with Crippen LogP contribution in [0.15, 0.2) is 42.5 Å². The summed E-state index contributed by atoms with van der Waals surface area (Å²) in [6.07, 6.45) is 5.66. The van der Waals surface area contributed by atoms with Gasteiger partial charge in [0, 0.05) is 6.54 Å². The summed E-state index contributed by atoms with van der Waals surface area (Å²) in [7, 11) is 0. The van der Waals surface area contributed by atoms with Crippen molar-refractivity contribution in [3.8, 4) is 0 Å². The summed E-state index contributed by atoms with van der Waals surface area (Å²) >= 11 is 0. The Morgan fingerprint density at radius 2 is 1.70 bits per heavy atom. The van der Waals surface area contributed by atoms with E-state index < -0.39 is 0 Å². The van der Waals surface area contributed by atoms with E-state index in [0.717, 1.165) is 18.4 Å². The Kier molecular flexibility index (Phi) is 4.37. The van der Waals surface area contributed by atoms with Gasteiger partial charge in [-0.05, 0) is 53.6 Å². The van der Waals surface area contributed by atoms with Crippen molar-refractivity contribution in [3.63, 3.8) is 0 Å². The standard InChI is InChI=1S/C19H25N/c1-15-6-8-16(9-7-15)13-20-14-17-10-11-18-4-2-3-5-19(18)12-17/h2-5,10-12,15-16,20H,6-9,13-14H2,1H3. The van der Waals surface area contributed by atoms with Crippen LogP contribution in [0.5, 0.6) is 0 Å². The van der Waals surface area contributed by atoms with E-state index in [4.69, 9.17) is 0 Å². The molecule has 0 heterocycles. The van der Waals surface area contributed by atoms with Crippen molar-refractivity contribution < 1.29 is 0 Å². The highest BCUT2D eigenvalue weighted by atomic mass is 14.9. The van der Waals surface area contributed by atoms with Gasteiger partial charge in [-0.3, -0.25) is 0 Å². The molecular weight excluding hydrogens is 242 g/mol. The summed E-state index contributed by atoms with van der Waals surface area (Å²) < 4.78 is 0. The summed E-state index contributed by atoms with van der Waals surface area (Å²) in [5.41, 5.74) is 1.40. The van der Waals surface area contributed by atoms with Crippen molar-refractivity contribution in [2.45, 2.75) is 39.2 Å². The second kappa shape index (κ2) is 6.41. The van der Waals surface area contributed by atoms with Gasteiger partial charge in [0.15, 0.2) is 0 Å². The molecule has 0 aliphatic heterocycles. The number of benzene rings is 2. The predicted octanol–water partition coefficient (Wildman–Crippen LogP) is 4.76. The van der Waals surface area contributed by atoms with Crippen LogP contribution in [0.1, 0.15) is 38.2 Å². The van der Waals surface area contributed by atoms with Crippen molar-refractivity contribution in [3.05, 3.63) is 48.0 Å². The number of rotatable bonds is 4. The third-order valence-electron chi connectivity index (χ3n) is 4.71. The quantitative estimate of drug-likeness (QED) is 0.842.